The van der Waals surface area contributed by atoms with Crippen LogP contribution in [0.25, 0.3) is 0 Å². The van der Waals surface area contributed by atoms with Crippen molar-refractivity contribution in [2.24, 2.45) is 0 Å². The second-order valence-corrected chi connectivity index (χ2v) is 7.22. The van der Waals surface area contributed by atoms with Crippen LogP contribution in [-0.2, 0) is 0 Å². The fourth-order valence-corrected chi connectivity index (χ4v) is 3.03. The standard InChI is InChI=1S/C20H24BrNO2/c1-12(2)17-11-18(13(3)10-19(17)24-5)14(4)22-20(23)15-6-8-16(21)9-7-15/h6-12,14H,1-5H3,(H,22,23)/t14-/m0/s1. The zero-order valence-electron chi connectivity index (χ0n) is 14.8. The minimum absolute atomic E-state index is 0.0729. The monoisotopic (exact) mass is 389 g/mol. The lowest BCUT2D eigenvalue weighted by atomic mass is 9.93. The number of amides is 1. The number of methoxy groups -OCH3 is 1. The third-order valence-corrected chi connectivity index (χ3v) is 4.69. The molecular formula is C20H24BrNO2. The number of carbonyl (C=O) groups is 1. The number of hydrogen-bond acceptors (Lipinski definition) is 2. The maximum Gasteiger partial charge on any atom is 0.251 e. The molecule has 0 aliphatic rings. The Kier molecular flexibility index (Phi) is 6.05. The van der Waals surface area contributed by atoms with Crippen molar-refractivity contribution in [3.05, 3.63) is 63.1 Å². The third kappa shape index (κ3) is 4.18. The van der Waals surface area contributed by atoms with E-state index in [-0.39, 0.29) is 11.9 Å². The van der Waals surface area contributed by atoms with Gasteiger partial charge in [0.25, 0.3) is 5.91 Å². The SMILES string of the molecule is COc1cc(C)c([C@H](C)NC(=O)c2ccc(Br)cc2)cc1C(C)C. The lowest BCUT2D eigenvalue weighted by molar-refractivity contribution is 0.0940. The van der Waals surface area contributed by atoms with Crippen LogP contribution in [0, 0.1) is 6.92 Å². The van der Waals surface area contributed by atoms with Gasteiger partial charge in [-0.1, -0.05) is 29.8 Å². The second-order valence-electron chi connectivity index (χ2n) is 6.31. The Labute approximate surface area is 152 Å². The van der Waals surface area contributed by atoms with E-state index in [4.69, 9.17) is 4.74 Å². The summed E-state index contributed by atoms with van der Waals surface area (Å²) >= 11 is 3.38. The van der Waals surface area contributed by atoms with E-state index in [0.717, 1.165) is 26.9 Å². The summed E-state index contributed by atoms with van der Waals surface area (Å²) in [6.45, 7) is 8.34. The van der Waals surface area contributed by atoms with Crippen molar-refractivity contribution >= 4 is 21.8 Å². The molecule has 0 aliphatic carbocycles. The van der Waals surface area contributed by atoms with E-state index >= 15 is 0 Å². The number of aryl methyl sites for hydroxylation is 1. The Bertz CT molecular complexity index is 723. The predicted molar refractivity (Wildman–Crippen MR) is 102 cm³/mol. The molecule has 0 saturated heterocycles. The van der Waals surface area contributed by atoms with Gasteiger partial charge in [-0.3, -0.25) is 4.79 Å². The van der Waals surface area contributed by atoms with Crippen molar-refractivity contribution < 1.29 is 9.53 Å². The molecule has 0 aliphatic heterocycles. The molecule has 0 radical (unpaired) electrons. The summed E-state index contributed by atoms with van der Waals surface area (Å²) in [4.78, 5) is 12.4. The Balaban J connectivity index is 2.25. The van der Waals surface area contributed by atoms with Gasteiger partial charge in [0.05, 0.1) is 13.2 Å². The first kappa shape index (κ1) is 18.5. The number of ether oxygens (including phenoxy) is 1. The van der Waals surface area contributed by atoms with Crippen LogP contribution in [0.5, 0.6) is 5.75 Å². The van der Waals surface area contributed by atoms with Crippen molar-refractivity contribution in [2.75, 3.05) is 7.11 Å². The molecule has 0 saturated carbocycles. The number of hydrogen-bond donors (Lipinski definition) is 1. The summed E-state index contributed by atoms with van der Waals surface area (Å²) in [5.41, 5.74) is 4.04. The smallest absolute Gasteiger partial charge is 0.251 e. The Morgan fingerprint density at radius 3 is 2.25 bits per heavy atom. The molecule has 2 aromatic carbocycles. The number of rotatable bonds is 5. The van der Waals surface area contributed by atoms with Crippen molar-refractivity contribution in [3.63, 3.8) is 0 Å². The highest BCUT2D eigenvalue weighted by Gasteiger charge is 2.17. The predicted octanol–water partition coefficient (Wildman–Crippen LogP) is 5.38. The molecule has 1 N–H and O–H groups in total. The molecule has 3 nitrogen and oxygen atoms in total. The molecule has 2 rings (SSSR count). The molecule has 24 heavy (non-hydrogen) atoms. The first-order valence-electron chi connectivity index (χ1n) is 8.08. The van der Waals surface area contributed by atoms with E-state index in [1.165, 1.54) is 0 Å². The number of carbonyl (C=O) groups excluding carboxylic acids is 1. The van der Waals surface area contributed by atoms with Crippen LogP contribution >= 0.6 is 15.9 Å². The van der Waals surface area contributed by atoms with E-state index < -0.39 is 0 Å². The Hall–Kier alpha value is -1.81. The van der Waals surface area contributed by atoms with Gasteiger partial charge in [0.1, 0.15) is 5.75 Å². The highest BCUT2D eigenvalue weighted by molar-refractivity contribution is 9.10. The topological polar surface area (TPSA) is 38.3 Å². The van der Waals surface area contributed by atoms with Gasteiger partial charge in [-0.25, -0.2) is 0 Å². The van der Waals surface area contributed by atoms with E-state index in [9.17, 15) is 4.79 Å². The summed E-state index contributed by atoms with van der Waals surface area (Å²) in [5, 5.41) is 3.08. The summed E-state index contributed by atoms with van der Waals surface area (Å²) in [6.07, 6.45) is 0. The second kappa shape index (κ2) is 7.84. The van der Waals surface area contributed by atoms with Crippen LogP contribution in [0.2, 0.25) is 0 Å². The van der Waals surface area contributed by atoms with Gasteiger partial charge in [-0.15, -0.1) is 0 Å². The van der Waals surface area contributed by atoms with Gasteiger partial charge >= 0.3 is 0 Å². The van der Waals surface area contributed by atoms with Crippen LogP contribution in [0.1, 0.15) is 59.8 Å². The maximum atomic E-state index is 12.4. The highest BCUT2D eigenvalue weighted by Crippen LogP contribution is 2.32. The normalized spacial score (nSPS) is 12.1. The van der Waals surface area contributed by atoms with Crippen LogP contribution in [0.15, 0.2) is 40.9 Å². The summed E-state index contributed by atoms with van der Waals surface area (Å²) in [5.74, 6) is 1.18. The lowest BCUT2D eigenvalue weighted by Gasteiger charge is -2.21. The number of nitrogens with one attached hydrogen (secondary N) is 1. The molecule has 1 amide bonds. The number of halogens is 1. The molecule has 0 aromatic heterocycles. The molecule has 0 unspecified atom stereocenters. The minimum atomic E-state index is -0.0791. The Morgan fingerprint density at radius 2 is 1.71 bits per heavy atom. The molecule has 128 valence electrons. The minimum Gasteiger partial charge on any atom is -0.496 e. The van der Waals surface area contributed by atoms with Crippen LogP contribution in [0.3, 0.4) is 0 Å². The van der Waals surface area contributed by atoms with Gasteiger partial charge in [-0.2, -0.15) is 0 Å². The van der Waals surface area contributed by atoms with Crippen molar-refractivity contribution in [3.8, 4) is 5.75 Å². The quantitative estimate of drug-likeness (QED) is 0.744. The molecule has 0 bridgehead atoms. The largest absolute Gasteiger partial charge is 0.496 e. The zero-order valence-corrected chi connectivity index (χ0v) is 16.4. The van der Waals surface area contributed by atoms with E-state index in [1.54, 1.807) is 7.11 Å². The number of benzene rings is 2. The summed E-state index contributed by atoms with van der Waals surface area (Å²) in [6, 6.07) is 11.5. The summed E-state index contributed by atoms with van der Waals surface area (Å²) < 4.78 is 6.45. The van der Waals surface area contributed by atoms with E-state index in [1.807, 2.05) is 44.2 Å². The molecular weight excluding hydrogens is 366 g/mol. The molecule has 0 spiro atoms. The van der Waals surface area contributed by atoms with Gasteiger partial charge in [0.15, 0.2) is 0 Å². The van der Waals surface area contributed by atoms with Crippen molar-refractivity contribution in [2.45, 2.75) is 39.7 Å². The average Bonchev–Trinajstić information content (AvgIpc) is 2.54. The molecule has 4 heteroatoms. The maximum absolute atomic E-state index is 12.4. The van der Waals surface area contributed by atoms with Gasteiger partial charge in [0, 0.05) is 10.0 Å². The van der Waals surface area contributed by atoms with Gasteiger partial charge in [0.2, 0.25) is 0 Å². The molecule has 0 heterocycles. The van der Waals surface area contributed by atoms with Gasteiger partial charge < -0.3 is 10.1 Å². The zero-order chi connectivity index (χ0) is 17.9. The molecule has 1 atom stereocenters. The fourth-order valence-electron chi connectivity index (χ4n) is 2.77. The first-order valence-corrected chi connectivity index (χ1v) is 8.87. The lowest BCUT2D eigenvalue weighted by Crippen LogP contribution is -2.27. The molecule has 2 aromatic rings. The molecule has 0 fully saturated rings. The highest BCUT2D eigenvalue weighted by atomic mass is 79.9. The van der Waals surface area contributed by atoms with Crippen LogP contribution < -0.4 is 10.1 Å². The average molecular weight is 390 g/mol. The van der Waals surface area contributed by atoms with Crippen molar-refractivity contribution in [1.29, 1.82) is 0 Å². The first-order chi connectivity index (χ1) is 11.3. The third-order valence-electron chi connectivity index (χ3n) is 4.16. The van der Waals surface area contributed by atoms with Crippen molar-refractivity contribution in [1.82, 2.24) is 5.32 Å². The van der Waals surface area contributed by atoms with E-state index in [0.29, 0.717) is 11.5 Å². The fraction of sp³-hybridized carbons (Fsp3) is 0.350. The van der Waals surface area contributed by atoms with Crippen LogP contribution in [-0.4, -0.2) is 13.0 Å². The van der Waals surface area contributed by atoms with Crippen LogP contribution in [0.4, 0.5) is 0 Å². The van der Waals surface area contributed by atoms with E-state index in [2.05, 4.69) is 41.2 Å². The summed E-state index contributed by atoms with van der Waals surface area (Å²) in [7, 11) is 1.69. The van der Waals surface area contributed by atoms with Gasteiger partial charge in [-0.05, 0) is 72.9 Å². The Morgan fingerprint density at radius 1 is 1.08 bits per heavy atom.